The molecule has 5 nitrogen and oxygen atoms in total. The van der Waals surface area contributed by atoms with Gasteiger partial charge in [-0.3, -0.25) is 4.90 Å². The molecule has 2 aliphatic heterocycles. The van der Waals surface area contributed by atoms with Gasteiger partial charge in [-0.1, -0.05) is 40.0 Å². The molecule has 0 amide bonds. The fraction of sp³-hybridized carbons (Fsp3) is 1.00. The minimum Gasteiger partial charge on any atom is -0.383 e. The summed E-state index contributed by atoms with van der Waals surface area (Å²) in [6.07, 6.45) is 16.0. The first-order valence-electron chi connectivity index (χ1n) is 16.0. The predicted octanol–water partition coefficient (Wildman–Crippen LogP) is 6.18. The molecule has 2 saturated heterocycles. The van der Waals surface area contributed by atoms with Crippen molar-refractivity contribution in [1.82, 2.24) is 9.21 Å². The van der Waals surface area contributed by atoms with Gasteiger partial charge in [-0.05, 0) is 112 Å². The van der Waals surface area contributed by atoms with E-state index in [1.54, 1.807) is 0 Å². The fourth-order valence-electron chi connectivity index (χ4n) is 9.46. The molecule has 0 aromatic carbocycles. The van der Waals surface area contributed by atoms with E-state index in [1.807, 2.05) is 11.4 Å². The third-order valence-corrected chi connectivity index (χ3v) is 14.5. The summed E-state index contributed by atoms with van der Waals surface area (Å²) in [6, 6.07) is 0.856. The largest absolute Gasteiger partial charge is 0.383 e. The normalized spacial score (nSPS) is 44.9. The third kappa shape index (κ3) is 5.84. The Morgan fingerprint density at radius 3 is 2.11 bits per heavy atom. The Kier molecular flexibility index (Phi) is 9.31. The molecule has 6 unspecified atom stereocenters. The van der Waals surface area contributed by atoms with Crippen molar-refractivity contribution in [2.75, 3.05) is 33.4 Å². The minimum atomic E-state index is -3.24. The van der Waals surface area contributed by atoms with E-state index in [0.29, 0.717) is 30.5 Å². The van der Waals surface area contributed by atoms with Crippen molar-refractivity contribution in [2.24, 2.45) is 41.4 Å². The zero-order chi connectivity index (χ0) is 26.2. The van der Waals surface area contributed by atoms with E-state index in [2.05, 4.69) is 25.7 Å². The second-order valence-electron chi connectivity index (χ2n) is 14.0. The second kappa shape index (κ2) is 12.1. The molecule has 6 heteroatoms. The van der Waals surface area contributed by atoms with Crippen LogP contribution in [0.25, 0.3) is 0 Å². The maximum Gasteiger partial charge on any atom is 0.217 e. The van der Waals surface area contributed by atoms with Crippen molar-refractivity contribution in [3.63, 3.8) is 0 Å². The highest BCUT2D eigenvalue weighted by atomic mass is 32.2. The fourth-order valence-corrected chi connectivity index (χ4v) is 11.8. The van der Waals surface area contributed by atoms with Crippen LogP contribution in [0, 0.1) is 41.4 Å². The minimum absolute atomic E-state index is 0.168. The van der Waals surface area contributed by atoms with Gasteiger partial charge in [0.05, 0.1) is 11.9 Å². The van der Waals surface area contributed by atoms with Gasteiger partial charge in [0, 0.05) is 32.3 Å². The first-order chi connectivity index (χ1) is 17.8. The zero-order valence-electron chi connectivity index (χ0n) is 24.3. The topological polar surface area (TPSA) is 49.9 Å². The number of hydrogen-bond acceptors (Lipinski definition) is 4. The second-order valence-corrected chi connectivity index (χ2v) is 16.2. The van der Waals surface area contributed by atoms with Crippen molar-refractivity contribution < 1.29 is 13.2 Å². The van der Waals surface area contributed by atoms with Crippen molar-refractivity contribution in [1.29, 1.82) is 0 Å². The van der Waals surface area contributed by atoms with Gasteiger partial charge in [-0.25, -0.2) is 12.7 Å². The maximum atomic E-state index is 13.9. The first kappa shape index (κ1) is 28.4. The molecule has 0 N–H and O–H groups in total. The standard InChI is InChI=1S/C31H56N2O3S/c1-22-11-12-27(19-24(22)3)25-13-15-26(16-14-25)31-28-20-32(17-7-8-18-33(28)29(31)21-36-4)37(34,35)30-10-6-5-9-23(30)2/h22-31H,5-21H2,1-4H3/t22?,23?,24?,25?,26?,27?,28?,29-,30?,31+/m1/s1. The summed E-state index contributed by atoms with van der Waals surface area (Å²) in [5.74, 6) is 5.26. The van der Waals surface area contributed by atoms with Crippen LogP contribution in [0.1, 0.15) is 104 Å². The summed E-state index contributed by atoms with van der Waals surface area (Å²) in [5.41, 5.74) is 0. The van der Waals surface area contributed by atoms with Crippen LogP contribution in [0.3, 0.4) is 0 Å². The Bertz CT molecular complexity index is 841. The van der Waals surface area contributed by atoms with Crippen LogP contribution in [0.5, 0.6) is 0 Å². The van der Waals surface area contributed by atoms with E-state index < -0.39 is 10.0 Å². The highest BCUT2D eigenvalue weighted by Gasteiger charge is 2.53. The average molecular weight is 537 g/mol. The van der Waals surface area contributed by atoms with Gasteiger partial charge in [0.2, 0.25) is 10.0 Å². The van der Waals surface area contributed by atoms with Gasteiger partial charge in [0.15, 0.2) is 0 Å². The number of rotatable bonds is 6. The lowest BCUT2D eigenvalue weighted by Crippen LogP contribution is -2.71. The lowest BCUT2D eigenvalue weighted by Gasteiger charge is -2.60. The summed E-state index contributed by atoms with van der Waals surface area (Å²) in [7, 11) is -1.39. The monoisotopic (exact) mass is 536 g/mol. The number of methoxy groups -OCH3 is 1. The van der Waals surface area contributed by atoms with Crippen molar-refractivity contribution in [3.05, 3.63) is 0 Å². The van der Waals surface area contributed by atoms with Crippen LogP contribution >= 0.6 is 0 Å². The van der Waals surface area contributed by atoms with E-state index >= 15 is 0 Å². The molecule has 0 aromatic rings. The molecular weight excluding hydrogens is 480 g/mol. The number of sulfonamides is 1. The van der Waals surface area contributed by atoms with Gasteiger partial charge in [-0.2, -0.15) is 0 Å². The molecule has 37 heavy (non-hydrogen) atoms. The molecule has 3 saturated carbocycles. The number of fused-ring (bicyclic) bond motifs is 1. The number of hydrogen-bond donors (Lipinski definition) is 0. The smallest absolute Gasteiger partial charge is 0.217 e. The van der Waals surface area contributed by atoms with E-state index in [-0.39, 0.29) is 5.25 Å². The van der Waals surface area contributed by atoms with Gasteiger partial charge in [-0.15, -0.1) is 0 Å². The van der Waals surface area contributed by atoms with E-state index in [9.17, 15) is 8.42 Å². The van der Waals surface area contributed by atoms with Crippen LogP contribution in [0.15, 0.2) is 0 Å². The molecule has 5 aliphatic rings. The van der Waals surface area contributed by atoms with Gasteiger partial charge in [0.1, 0.15) is 0 Å². The molecule has 5 fully saturated rings. The first-order valence-corrected chi connectivity index (χ1v) is 17.5. The highest BCUT2D eigenvalue weighted by molar-refractivity contribution is 7.89. The molecule has 0 radical (unpaired) electrons. The summed E-state index contributed by atoms with van der Waals surface area (Å²) in [6.45, 7) is 10.4. The molecule has 0 aromatic heterocycles. The molecule has 8 atom stereocenters. The maximum absolute atomic E-state index is 13.9. The molecule has 0 spiro atoms. The Balaban J connectivity index is 1.27. The van der Waals surface area contributed by atoms with Gasteiger partial charge >= 0.3 is 0 Å². The van der Waals surface area contributed by atoms with Gasteiger partial charge in [0.25, 0.3) is 0 Å². The Morgan fingerprint density at radius 1 is 0.730 bits per heavy atom. The lowest BCUT2D eigenvalue weighted by molar-refractivity contribution is -0.128. The quantitative estimate of drug-likeness (QED) is 0.406. The SMILES string of the molecule is COC[C@@H]1[C@@H](C2CCC(C3CCC(C)C(C)C3)CC2)C2CN(S(=O)(=O)C3CCCCC3C)CCCCN21. The number of ether oxygens (including phenoxy) is 1. The molecule has 3 aliphatic carbocycles. The summed E-state index contributed by atoms with van der Waals surface area (Å²) < 4.78 is 35.6. The lowest BCUT2D eigenvalue weighted by atomic mass is 9.61. The zero-order valence-corrected chi connectivity index (χ0v) is 25.1. The number of nitrogens with zero attached hydrogens (tertiary/aromatic N) is 2. The van der Waals surface area contributed by atoms with E-state index in [1.165, 1.54) is 51.4 Å². The molecule has 214 valence electrons. The molecular formula is C31H56N2O3S. The molecule has 2 heterocycles. The van der Waals surface area contributed by atoms with Crippen LogP contribution in [-0.2, 0) is 14.8 Å². The van der Waals surface area contributed by atoms with Gasteiger partial charge < -0.3 is 4.74 Å². The Morgan fingerprint density at radius 2 is 1.41 bits per heavy atom. The Labute approximate surface area is 228 Å². The van der Waals surface area contributed by atoms with Crippen LogP contribution < -0.4 is 0 Å². The molecule has 0 bridgehead atoms. The van der Waals surface area contributed by atoms with E-state index in [0.717, 1.165) is 81.4 Å². The van der Waals surface area contributed by atoms with Crippen LogP contribution in [0.2, 0.25) is 0 Å². The highest BCUT2D eigenvalue weighted by Crippen LogP contribution is 2.49. The summed E-state index contributed by atoms with van der Waals surface area (Å²) >= 11 is 0. The van der Waals surface area contributed by atoms with Crippen LogP contribution in [-0.4, -0.2) is 68.3 Å². The van der Waals surface area contributed by atoms with Crippen molar-refractivity contribution in [2.45, 2.75) is 122 Å². The van der Waals surface area contributed by atoms with E-state index in [4.69, 9.17) is 4.74 Å². The predicted molar refractivity (Wildman–Crippen MR) is 152 cm³/mol. The molecule has 5 rings (SSSR count). The van der Waals surface area contributed by atoms with Crippen molar-refractivity contribution >= 4 is 10.0 Å². The summed E-state index contributed by atoms with van der Waals surface area (Å²) in [4.78, 5) is 2.65. The average Bonchev–Trinajstić information content (AvgIpc) is 2.87. The third-order valence-electron chi connectivity index (χ3n) is 12.0. The van der Waals surface area contributed by atoms with Crippen LogP contribution in [0.4, 0.5) is 0 Å². The Hall–Kier alpha value is -0.170. The summed E-state index contributed by atoms with van der Waals surface area (Å²) in [5, 5.41) is -0.168. The van der Waals surface area contributed by atoms with Crippen molar-refractivity contribution in [3.8, 4) is 0 Å².